The third kappa shape index (κ3) is 2.46. The summed E-state index contributed by atoms with van der Waals surface area (Å²) in [5, 5.41) is 19.7. The molecule has 1 heterocycles. The Morgan fingerprint density at radius 3 is 2.78 bits per heavy atom. The monoisotopic (exact) mass is 362 g/mol. The van der Waals surface area contributed by atoms with Crippen LogP contribution in [-0.2, 0) is 4.79 Å². The van der Waals surface area contributed by atoms with Gasteiger partial charge in [0.2, 0.25) is 5.91 Å². The summed E-state index contributed by atoms with van der Waals surface area (Å²) in [6, 6.07) is 4.41. The van der Waals surface area contributed by atoms with E-state index in [1.165, 1.54) is 12.1 Å². The number of nitro groups is 1. The number of amides is 1. The number of carbonyl (C=O) groups excluding carboxylic acids is 1. The zero-order valence-corrected chi connectivity index (χ0v) is 11.5. The second kappa shape index (κ2) is 5.19. The average molecular weight is 362 g/mol. The molecule has 7 heteroatoms. The van der Waals surface area contributed by atoms with Gasteiger partial charge in [-0.3, -0.25) is 14.9 Å². The number of benzene rings is 1. The molecule has 1 aliphatic heterocycles. The molecule has 1 amide bonds. The van der Waals surface area contributed by atoms with Crippen molar-refractivity contribution >= 4 is 39.9 Å². The van der Waals surface area contributed by atoms with Gasteiger partial charge >= 0.3 is 0 Å². The van der Waals surface area contributed by atoms with Crippen molar-refractivity contribution in [3.8, 4) is 0 Å². The lowest BCUT2D eigenvalue weighted by atomic mass is 10.1. The van der Waals surface area contributed by atoms with E-state index in [2.05, 4.69) is 0 Å². The van der Waals surface area contributed by atoms with E-state index in [9.17, 15) is 14.9 Å². The van der Waals surface area contributed by atoms with Crippen LogP contribution in [0.15, 0.2) is 18.2 Å². The van der Waals surface area contributed by atoms with E-state index < -0.39 is 4.92 Å². The average Bonchev–Trinajstić information content (AvgIpc) is 2.70. The van der Waals surface area contributed by atoms with E-state index in [0.29, 0.717) is 22.2 Å². The number of anilines is 1. The molecule has 1 unspecified atom stereocenters. The van der Waals surface area contributed by atoms with Crippen molar-refractivity contribution in [2.75, 3.05) is 18.1 Å². The van der Waals surface area contributed by atoms with E-state index >= 15 is 0 Å². The number of aliphatic hydroxyl groups excluding tert-OH is 1. The molecule has 1 atom stereocenters. The molecular weight excluding hydrogens is 351 g/mol. The SMILES string of the molecule is O=C1CC(CO)CN1c1ccc([N+](=O)[O-])cc1I. The molecule has 1 aromatic carbocycles. The summed E-state index contributed by atoms with van der Waals surface area (Å²) in [7, 11) is 0. The minimum absolute atomic E-state index is 0.00787. The van der Waals surface area contributed by atoms with E-state index in [-0.39, 0.29) is 24.1 Å². The van der Waals surface area contributed by atoms with Gasteiger partial charge in [0.25, 0.3) is 5.69 Å². The highest BCUT2D eigenvalue weighted by Crippen LogP contribution is 2.31. The first-order valence-corrected chi connectivity index (χ1v) is 6.46. The van der Waals surface area contributed by atoms with Crippen LogP contribution in [0.1, 0.15) is 6.42 Å². The fraction of sp³-hybridized carbons (Fsp3) is 0.364. The third-order valence-corrected chi connectivity index (χ3v) is 3.76. The molecule has 18 heavy (non-hydrogen) atoms. The highest BCUT2D eigenvalue weighted by molar-refractivity contribution is 14.1. The standard InChI is InChI=1S/C11H11IN2O4/c12-9-4-8(14(17)18)1-2-10(9)13-5-7(6-15)3-11(13)16/h1-2,4,7,15H,3,5-6H2. The first kappa shape index (κ1) is 13.2. The Kier molecular flexibility index (Phi) is 3.81. The molecule has 1 aromatic rings. The zero-order valence-electron chi connectivity index (χ0n) is 9.38. The molecule has 0 radical (unpaired) electrons. The predicted octanol–water partition coefficient (Wildman–Crippen LogP) is 1.54. The van der Waals surface area contributed by atoms with Gasteiger partial charge in [0.05, 0.1) is 10.6 Å². The molecule has 1 aliphatic rings. The molecule has 0 bridgehead atoms. The van der Waals surface area contributed by atoms with Gasteiger partial charge in [-0.1, -0.05) is 0 Å². The summed E-state index contributed by atoms with van der Waals surface area (Å²) in [5.74, 6) is -0.107. The topological polar surface area (TPSA) is 83.7 Å². The fourth-order valence-electron chi connectivity index (χ4n) is 1.96. The van der Waals surface area contributed by atoms with E-state index in [1.807, 2.05) is 22.6 Å². The third-order valence-electron chi connectivity index (χ3n) is 2.90. The van der Waals surface area contributed by atoms with E-state index in [1.54, 1.807) is 11.0 Å². The van der Waals surface area contributed by atoms with Gasteiger partial charge in [0.15, 0.2) is 0 Å². The molecule has 1 saturated heterocycles. The van der Waals surface area contributed by atoms with Gasteiger partial charge in [0, 0.05) is 41.2 Å². The maximum absolute atomic E-state index is 11.8. The summed E-state index contributed by atoms with van der Waals surface area (Å²) >= 11 is 1.98. The van der Waals surface area contributed by atoms with Crippen molar-refractivity contribution in [1.82, 2.24) is 0 Å². The molecule has 6 nitrogen and oxygen atoms in total. The second-order valence-electron chi connectivity index (χ2n) is 4.15. The number of non-ortho nitro benzene ring substituents is 1. The Morgan fingerprint density at radius 1 is 1.56 bits per heavy atom. The van der Waals surface area contributed by atoms with Crippen molar-refractivity contribution < 1.29 is 14.8 Å². The van der Waals surface area contributed by atoms with Crippen molar-refractivity contribution in [3.05, 3.63) is 31.9 Å². The lowest BCUT2D eigenvalue weighted by Gasteiger charge is -2.17. The van der Waals surface area contributed by atoms with Crippen molar-refractivity contribution in [3.63, 3.8) is 0 Å². The Hall–Kier alpha value is -1.22. The summed E-state index contributed by atoms with van der Waals surface area (Å²) in [6.45, 7) is 0.439. The van der Waals surface area contributed by atoms with E-state index in [0.717, 1.165) is 0 Å². The van der Waals surface area contributed by atoms with Crippen molar-refractivity contribution in [2.24, 2.45) is 5.92 Å². The minimum atomic E-state index is -0.464. The molecule has 0 aromatic heterocycles. The Balaban J connectivity index is 2.29. The number of halogens is 1. The molecule has 96 valence electrons. The molecule has 0 saturated carbocycles. The second-order valence-corrected chi connectivity index (χ2v) is 5.31. The number of rotatable bonds is 3. The highest BCUT2D eigenvalue weighted by Gasteiger charge is 2.31. The van der Waals surface area contributed by atoms with Gasteiger partial charge in [-0.25, -0.2) is 0 Å². The summed E-state index contributed by atoms with van der Waals surface area (Å²) < 4.78 is 0.661. The van der Waals surface area contributed by atoms with Crippen LogP contribution in [0.3, 0.4) is 0 Å². The smallest absolute Gasteiger partial charge is 0.270 e. The van der Waals surface area contributed by atoms with Crippen LogP contribution in [0.4, 0.5) is 11.4 Å². The van der Waals surface area contributed by atoms with Gasteiger partial charge in [-0.15, -0.1) is 0 Å². The number of nitrogens with zero attached hydrogens (tertiary/aromatic N) is 2. The van der Waals surface area contributed by atoms with Crippen LogP contribution in [0.2, 0.25) is 0 Å². The lowest BCUT2D eigenvalue weighted by molar-refractivity contribution is -0.384. The Labute approximate surface area is 117 Å². The summed E-state index contributed by atoms with van der Waals surface area (Å²) in [5.41, 5.74) is 0.677. The largest absolute Gasteiger partial charge is 0.396 e. The van der Waals surface area contributed by atoms with Crippen molar-refractivity contribution in [1.29, 1.82) is 0 Å². The van der Waals surface area contributed by atoms with E-state index in [4.69, 9.17) is 5.11 Å². The Morgan fingerprint density at radius 2 is 2.28 bits per heavy atom. The number of hydrogen-bond acceptors (Lipinski definition) is 4. The summed E-state index contributed by atoms with van der Waals surface area (Å²) in [6.07, 6.45) is 0.323. The number of hydrogen-bond donors (Lipinski definition) is 1. The van der Waals surface area contributed by atoms with Gasteiger partial charge in [-0.05, 0) is 28.7 Å². The number of carbonyl (C=O) groups is 1. The normalized spacial score (nSPS) is 19.3. The maximum Gasteiger partial charge on any atom is 0.270 e. The molecule has 1 fully saturated rings. The maximum atomic E-state index is 11.8. The zero-order chi connectivity index (χ0) is 13.3. The molecule has 0 spiro atoms. The molecule has 0 aliphatic carbocycles. The van der Waals surface area contributed by atoms with Crippen LogP contribution in [0.5, 0.6) is 0 Å². The first-order chi connectivity index (χ1) is 8.52. The summed E-state index contributed by atoms with van der Waals surface area (Å²) in [4.78, 5) is 23.5. The Bertz CT molecular complexity index is 506. The molecular formula is C11H11IN2O4. The predicted molar refractivity (Wildman–Crippen MR) is 73.4 cm³/mol. The molecule has 1 N–H and O–H groups in total. The van der Waals surface area contributed by atoms with Crippen molar-refractivity contribution in [2.45, 2.75) is 6.42 Å². The van der Waals surface area contributed by atoms with Gasteiger partial charge in [0.1, 0.15) is 0 Å². The number of aliphatic hydroxyl groups is 1. The van der Waals surface area contributed by atoms with Crippen LogP contribution in [0, 0.1) is 19.6 Å². The first-order valence-electron chi connectivity index (χ1n) is 5.38. The molecule has 2 rings (SSSR count). The lowest BCUT2D eigenvalue weighted by Crippen LogP contribution is -2.25. The number of nitro benzene ring substituents is 1. The quantitative estimate of drug-likeness (QED) is 0.502. The fourth-order valence-corrected chi connectivity index (χ4v) is 2.75. The minimum Gasteiger partial charge on any atom is -0.396 e. The highest BCUT2D eigenvalue weighted by atomic mass is 127. The van der Waals surface area contributed by atoms with Crippen LogP contribution in [-0.4, -0.2) is 29.1 Å². The van der Waals surface area contributed by atoms with Crippen LogP contribution < -0.4 is 4.90 Å². The van der Waals surface area contributed by atoms with Gasteiger partial charge in [-0.2, -0.15) is 0 Å². The van der Waals surface area contributed by atoms with Crippen LogP contribution >= 0.6 is 22.6 Å². The van der Waals surface area contributed by atoms with Gasteiger partial charge < -0.3 is 10.0 Å². The van der Waals surface area contributed by atoms with Crippen LogP contribution in [0.25, 0.3) is 0 Å².